The minimum absolute atomic E-state index is 0.113. The van der Waals surface area contributed by atoms with Gasteiger partial charge < -0.3 is 15.1 Å². The molecule has 7 nitrogen and oxygen atoms in total. The number of thioether (sulfide) groups is 1. The smallest absolute Gasteiger partial charge is 0.236 e. The molecule has 4 rings (SSSR count). The van der Waals surface area contributed by atoms with Gasteiger partial charge in [0.25, 0.3) is 0 Å². The van der Waals surface area contributed by atoms with Crippen LogP contribution >= 0.6 is 23.1 Å². The lowest BCUT2D eigenvalue weighted by Gasteiger charge is -2.36. The number of hydrogen-bond donors (Lipinski definition) is 1. The van der Waals surface area contributed by atoms with Gasteiger partial charge in [-0.2, -0.15) is 0 Å². The Morgan fingerprint density at radius 1 is 1.10 bits per heavy atom. The molecule has 0 unspecified atom stereocenters. The summed E-state index contributed by atoms with van der Waals surface area (Å²) < 4.78 is 13.1. The summed E-state index contributed by atoms with van der Waals surface area (Å²) in [5, 5.41) is 5.92. The Morgan fingerprint density at radius 3 is 2.59 bits per heavy atom. The maximum Gasteiger partial charge on any atom is 0.236 e. The molecule has 0 radical (unpaired) electrons. The number of benzene rings is 1. The van der Waals surface area contributed by atoms with Gasteiger partial charge in [-0.15, -0.1) is 11.3 Å². The highest BCUT2D eigenvalue weighted by Gasteiger charge is 2.19. The largest absolute Gasteiger partial charge is 0.368 e. The van der Waals surface area contributed by atoms with E-state index >= 15 is 0 Å². The predicted molar refractivity (Wildman–Crippen MR) is 114 cm³/mol. The second-order valence-electron chi connectivity index (χ2n) is 6.34. The SMILES string of the molecule is O=C(CSc1cc(N2CCN(c3ccc(F)cc3)CC2)ncn1)Nc1nccs1. The molecule has 0 saturated carbocycles. The molecule has 0 atom stereocenters. The molecule has 10 heteroatoms. The molecular formula is C19H19FN6OS2. The van der Waals surface area contributed by atoms with E-state index in [1.165, 1.54) is 41.6 Å². The number of aromatic nitrogens is 3. The van der Waals surface area contributed by atoms with E-state index in [1.54, 1.807) is 18.3 Å². The molecule has 0 aliphatic carbocycles. The predicted octanol–water partition coefficient (Wildman–Crippen LogP) is 3.13. The zero-order valence-electron chi connectivity index (χ0n) is 15.5. The number of nitrogens with one attached hydrogen (secondary N) is 1. The molecule has 1 aromatic carbocycles. The van der Waals surface area contributed by atoms with Crippen molar-refractivity contribution in [3.05, 3.63) is 54.1 Å². The molecule has 150 valence electrons. The van der Waals surface area contributed by atoms with Crippen molar-refractivity contribution in [2.45, 2.75) is 5.03 Å². The summed E-state index contributed by atoms with van der Waals surface area (Å²) in [5.74, 6) is 0.771. The molecule has 3 heterocycles. The van der Waals surface area contributed by atoms with Crippen molar-refractivity contribution >= 4 is 45.6 Å². The van der Waals surface area contributed by atoms with Gasteiger partial charge in [0.2, 0.25) is 5.91 Å². The first kappa shape index (κ1) is 19.6. The van der Waals surface area contributed by atoms with E-state index in [0.717, 1.165) is 42.7 Å². The van der Waals surface area contributed by atoms with Crippen LogP contribution in [0.4, 0.5) is 21.0 Å². The zero-order valence-corrected chi connectivity index (χ0v) is 17.1. The summed E-state index contributed by atoms with van der Waals surface area (Å²) in [4.78, 5) is 29.1. The lowest BCUT2D eigenvalue weighted by molar-refractivity contribution is -0.113. The average molecular weight is 431 g/mol. The third kappa shape index (κ3) is 5.21. The number of carbonyl (C=O) groups excluding carboxylic acids is 1. The Balaban J connectivity index is 1.30. The number of carbonyl (C=O) groups is 1. The van der Waals surface area contributed by atoms with Gasteiger partial charge in [-0.1, -0.05) is 11.8 Å². The first-order chi connectivity index (χ1) is 14.2. The van der Waals surface area contributed by atoms with Crippen LogP contribution in [0.2, 0.25) is 0 Å². The lowest BCUT2D eigenvalue weighted by atomic mass is 10.2. The molecule has 1 aliphatic rings. The number of thiazole rings is 1. The van der Waals surface area contributed by atoms with Gasteiger partial charge in [-0.3, -0.25) is 4.79 Å². The fourth-order valence-corrected chi connectivity index (χ4v) is 4.21. The summed E-state index contributed by atoms with van der Waals surface area (Å²) >= 11 is 2.75. The van der Waals surface area contributed by atoms with E-state index in [-0.39, 0.29) is 17.5 Å². The van der Waals surface area contributed by atoms with E-state index in [4.69, 9.17) is 0 Å². The Morgan fingerprint density at radius 2 is 1.86 bits per heavy atom. The molecule has 1 N–H and O–H groups in total. The number of halogens is 1. The monoisotopic (exact) mass is 430 g/mol. The first-order valence-electron chi connectivity index (χ1n) is 9.07. The van der Waals surface area contributed by atoms with E-state index in [2.05, 4.69) is 30.1 Å². The Labute approximate surface area is 176 Å². The fraction of sp³-hybridized carbons (Fsp3) is 0.263. The molecule has 3 aromatic rings. The number of amides is 1. The highest BCUT2D eigenvalue weighted by atomic mass is 32.2. The molecular weight excluding hydrogens is 411 g/mol. The van der Waals surface area contributed by atoms with Crippen molar-refractivity contribution in [3.63, 3.8) is 0 Å². The van der Waals surface area contributed by atoms with Crippen LogP contribution in [0.1, 0.15) is 0 Å². The molecule has 1 amide bonds. The Kier molecular flexibility index (Phi) is 6.20. The normalized spacial score (nSPS) is 14.1. The van der Waals surface area contributed by atoms with Gasteiger partial charge in [0.15, 0.2) is 5.13 Å². The van der Waals surface area contributed by atoms with Crippen LogP contribution in [0, 0.1) is 5.82 Å². The molecule has 29 heavy (non-hydrogen) atoms. The van der Waals surface area contributed by atoms with Crippen molar-refractivity contribution in [1.29, 1.82) is 0 Å². The summed E-state index contributed by atoms with van der Waals surface area (Å²) in [6.45, 7) is 3.27. The van der Waals surface area contributed by atoms with Gasteiger partial charge in [0.1, 0.15) is 23.0 Å². The summed E-state index contributed by atoms with van der Waals surface area (Å²) in [6, 6.07) is 8.50. The lowest BCUT2D eigenvalue weighted by Crippen LogP contribution is -2.46. The molecule has 0 spiro atoms. The second kappa shape index (κ2) is 9.19. The van der Waals surface area contributed by atoms with Crippen LogP contribution in [0.25, 0.3) is 0 Å². The van der Waals surface area contributed by atoms with E-state index in [1.807, 2.05) is 11.4 Å². The van der Waals surface area contributed by atoms with Crippen molar-refractivity contribution in [2.24, 2.45) is 0 Å². The van der Waals surface area contributed by atoms with Gasteiger partial charge in [0.05, 0.1) is 5.75 Å². The van der Waals surface area contributed by atoms with Crippen LogP contribution < -0.4 is 15.1 Å². The molecule has 1 aliphatic heterocycles. The first-order valence-corrected chi connectivity index (χ1v) is 10.9. The standard InChI is InChI=1S/C19H19FN6OS2/c20-14-1-3-15(4-2-14)25-6-8-26(9-7-25)16-11-18(23-13-22-16)29-12-17(27)24-19-21-5-10-28-19/h1-5,10-11,13H,6-9,12H2,(H,21,24,27). The maximum absolute atomic E-state index is 13.1. The third-order valence-electron chi connectivity index (χ3n) is 4.45. The van der Waals surface area contributed by atoms with Crippen LogP contribution in [0.5, 0.6) is 0 Å². The van der Waals surface area contributed by atoms with Crippen LogP contribution in [-0.4, -0.2) is 52.8 Å². The topological polar surface area (TPSA) is 74.2 Å². The highest BCUT2D eigenvalue weighted by Crippen LogP contribution is 2.23. The number of anilines is 3. The fourth-order valence-electron chi connectivity index (χ4n) is 3.01. The number of hydrogen-bond acceptors (Lipinski definition) is 8. The van der Waals surface area contributed by atoms with Gasteiger partial charge >= 0.3 is 0 Å². The number of piperazine rings is 1. The van der Waals surface area contributed by atoms with Crippen molar-refractivity contribution < 1.29 is 9.18 Å². The van der Waals surface area contributed by atoms with Crippen LogP contribution in [0.15, 0.2) is 53.3 Å². The van der Waals surface area contributed by atoms with Crippen LogP contribution in [0.3, 0.4) is 0 Å². The second-order valence-corrected chi connectivity index (χ2v) is 8.23. The third-order valence-corrected chi connectivity index (χ3v) is 6.07. The maximum atomic E-state index is 13.1. The van der Waals surface area contributed by atoms with Gasteiger partial charge in [-0.25, -0.2) is 19.3 Å². The summed E-state index contributed by atoms with van der Waals surface area (Å²) in [5.41, 5.74) is 1.02. The van der Waals surface area contributed by atoms with Gasteiger partial charge in [-0.05, 0) is 24.3 Å². The van der Waals surface area contributed by atoms with Gasteiger partial charge in [0, 0.05) is 49.5 Å². The number of rotatable bonds is 6. The minimum Gasteiger partial charge on any atom is -0.368 e. The summed E-state index contributed by atoms with van der Waals surface area (Å²) in [7, 11) is 0. The van der Waals surface area contributed by atoms with E-state index < -0.39 is 0 Å². The van der Waals surface area contributed by atoms with E-state index in [0.29, 0.717) is 5.13 Å². The number of nitrogens with zero attached hydrogens (tertiary/aromatic N) is 5. The zero-order chi connectivity index (χ0) is 20.1. The molecule has 1 fully saturated rings. The Hall–Kier alpha value is -2.72. The summed E-state index contributed by atoms with van der Waals surface area (Å²) in [6.07, 6.45) is 3.18. The van der Waals surface area contributed by atoms with Crippen LogP contribution in [-0.2, 0) is 4.79 Å². The molecule has 1 saturated heterocycles. The highest BCUT2D eigenvalue weighted by molar-refractivity contribution is 7.99. The van der Waals surface area contributed by atoms with Crippen molar-refractivity contribution in [3.8, 4) is 0 Å². The van der Waals surface area contributed by atoms with Crippen molar-refractivity contribution in [2.75, 3.05) is 47.0 Å². The van der Waals surface area contributed by atoms with Crippen molar-refractivity contribution in [1.82, 2.24) is 15.0 Å². The average Bonchev–Trinajstić information content (AvgIpc) is 3.26. The quantitative estimate of drug-likeness (QED) is 0.476. The Bertz CT molecular complexity index is 946. The molecule has 2 aromatic heterocycles. The minimum atomic E-state index is -0.223. The van der Waals surface area contributed by atoms with E-state index in [9.17, 15) is 9.18 Å². The molecule has 0 bridgehead atoms.